The van der Waals surface area contributed by atoms with Gasteiger partial charge in [-0.25, -0.2) is 9.71 Å². The molecule has 0 spiro atoms. The number of nitrogens with one attached hydrogen (secondary N) is 3. The molecule has 0 aliphatic rings. The molecule has 0 aliphatic heterocycles. The first-order chi connectivity index (χ1) is 18.0. The number of amides is 2. The second-order valence-electron chi connectivity index (χ2n) is 9.52. The molecule has 4 rings (SSSR count). The Morgan fingerprint density at radius 3 is 2.37 bits per heavy atom. The molecule has 2 aromatic carbocycles. The molecule has 2 amide bonds. The van der Waals surface area contributed by atoms with Crippen LogP contribution in [0.5, 0.6) is 5.75 Å². The van der Waals surface area contributed by atoms with Gasteiger partial charge in [0.2, 0.25) is 0 Å². The highest BCUT2D eigenvalue weighted by Crippen LogP contribution is 2.40. The van der Waals surface area contributed by atoms with Crippen LogP contribution >= 0.6 is 22.9 Å². The predicted molar refractivity (Wildman–Crippen MR) is 156 cm³/mol. The van der Waals surface area contributed by atoms with Gasteiger partial charge in [0.15, 0.2) is 5.75 Å². The molecular weight excluding hydrogens is 544 g/mol. The summed E-state index contributed by atoms with van der Waals surface area (Å²) < 4.78 is 21.2. The average Bonchev–Trinajstić information content (AvgIpc) is 3.29. The predicted octanol–water partition coefficient (Wildman–Crippen LogP) is 6.47. The molecular formula is C27H27ClN4O4S2. The third-order valence-corrected chi connectivity index (χ3v) is 7.58. The third kappa shape index (κ3) is 6.21. The van der Waals surface area contributed by atoms with E-state index in [-0.39, 0.29) is 17.2 Å². The summed E-state index contributed by atoms with van der Waals surface area (Å²) in [6.45, 7) is 6.15. The monoisotopic (exact) mass is 570 g/mol. The number of pyridine rings is 1. The van der Waals surface area contributed by atoms with E-state index in [2.05, 4.69) is 41.1 Å². The van der Waals surface area contributed by atoms with E-state index in [1.807, 2.05) is 24.3 Å². The Balaban J connectivity index is 1.65. The first-order valence-electron chi connectivity index (χ1n) is 11.6. The van der Waals surface area contributed by atoms with Crippen molar-refractivity contribution in [1.82, 2.24) is 4.98 Å². The van der Waals surface area contributed by atoms with Crippen molar-refractivity contribution < 1.29 is 18.9 Å². The summed E-state index contributed by atoms with van der Waals surface area (Å²) in [5, 5.41) is 6.96. The van der Waals surface area contributed by atoms with Gasteiger partial charge in [0.05, 0.1) is 45.0 Å². The normalized spacial score (nSPS) is 12.2. The molecule has 4 aromatic rings. The van der Waals surface area contributed by atoms with E-state index in [0.29, 0.717) is 38.4 Å². The lowest BCUT2D eigenvalue weighted by atomic mass is 9.86. The summed E-state index contributed by atoms with van der Waals surface area (Å²) in [6, 6.07) is 14.1. The molecule has 0 saturated heterocycles. The SMILES string of the molecule is COc1c(NC(=O)c2cc3cccc(NC(=O)c4ccc(Cl)nc4)c3s2)cc(C(C)(C)C)cc1N[S+](C)[O-]. The maximum absolute atomic E-state index is 13.4. The molecule has 2 aromatic heterocycles. The van der Waals surface area contributed by atoms with Crippen LogP contribution in [0.25, 0.3) is 10.1 Å². The highest BCUT2D eigenvalue weighted by molar-refractivity contribution is 7.92. The van der Waals surface area contributed by atoms with Gasteiger partial charge in [0.25, 0.3) is 11.8 Å². The molecule has 198 valence electrons. The first-order valence-corrected chi connectivity index (χ1v) is 14.3. The highest BCUT2D eigenvalue weighted by atomic mass is 35.5. The molecule has 1 atom stereocenters. The number of halogens is 1. The summed E-state index contributed by atoms with van der Waals surface area (Å²) >= 11 is 5.74. The molecule has 3 N–H and O–H groups in total. The van der Waals surface area contributed by atoms with Crippen molar-refractivity contribution in [1.29, 1.82) is 0 Å². The molecule has 1 unspecified atom stereocenters. The van der Waals surface area contributed by atoms with Gasteiger partial charge in [-0.15, -0.1) is 11.3 Å². The van der Waals surface area contributed by atoms with Crippen LogP contribution in [0.15, 0.2) is 54.7 Å². The van der Waals surface area contributed by atoms with E-state index < -0.39 is 11.4 Å². The first kappa shape index (κ1) is 27.7. The van der Waals surface area contributed by atoms with Gasteiger partial charge >= 0.3 is 0 Å². The van der Waals surface area contributed by atoms with Crippen molar-refractivity contribution in [2.75, 3.05) is 28.7 Å². The Hall–Kier alpha value is -3.31. The van der Waals surface area contributed by atoms with E-state index in [1.54, 1.807) is 24.3 Å². The van der Waals surface area contributed by atoms with Crippen LogP contribution in [0.3, 0.4) is 0 Å². The maximum atomic E-state index is 13.4. The topological polar surface area (TPSA) is 115 Å². The van der Waals surface area contributed by atoms with E-state index in [1.165, 1.54) is 30.9 Å². The zero-order valence-corrected chi connectivity index (χ0v) is 23.9. The lowest BCUT2D eigenvalue weighted by Crippen LogP contribution is -2.18. The van der Waals surface area contributed by atoms with Crippen LogP contribution in [0.2, 0.25) is 5.15 Å². The molecule has 8 nitrogen and oxygen atoms in total. The molecule has 2 heterocycles. The van der Waals surface area contributed by atoms with Gasteiger partial charge in [-0.3, -0.25) is 9.59 Å². The van der Waals surface area contributed by atoms with Crippen LogP contribution in [0.4, 0.5) is 17.1 Å². The number of hydrogen-bond donors (Lipinski definition) is 3. The maximum Gasteiger partial charge on any atom is 0.265 e. The molecule has 0 bridgehead atoms. The van der Waals surface area contributed by atoms with Crippen LogP contribution < -0.4 is 20.1 Å². The summed E-state index contributed by atoms with van der Waals surface area (Å²) in [5.74, 6) is -0.288. The average molecular weight is 571 g/mol. The third-order valence-electron chi connectivity index (χ3n) is 5.67. The fourth-order valence-electron chi connectivity index (χ4n) is 3.77. The van der Waals surface area contributed by atoms with Crippen molar-refractivity contribution in [2.24, 2.45) is 0 Å². The number of nitrogens with zero attached hydrogens (tertiary/aromatic N) is 1. The van der Waals surface area contributed by atoms with E-state index in [0.717, 1.165) is 15.6 Å². The van der Waals surface area contributed by atoms with Gasteiger partial charge in [0, 0.05) is 6.20 Å². The van der Waals surface area contributed by atoms with Crippen molar-refractivity contribution in [3.8, 4) is 5.75 Å². The van der Waals surface area contributed by atoms with Gasteiger partial charge in [-0.2, -0.15) is 0 Å². The smallest absolute Gasteiger partial charge is 0.265 e. The minimum Gasteiger partial charge on any atom is -0.593 e. The molecule has 0 fully saturated rings. The summed E-state index contributed by atoms with van der Waals surface area (Å²) in [7, 11) is 1.50. The van der Waals surface area contributed by atoms with Crippen LogP contribution in [-0.2, 0) is 16.8 Å². The second kappa shape index (κ2) is 11.2. The number of fused-ring (bicyclic) bond motifs is 1. The van der Waals surface area contributed by atoms with Gasteiger partial charge in [-0.1, -0.05) is 44.5 Å². The van der Waals surface area contributed by atoms with Crippen LogP contribution in [-0.4, -0.2) is 34.7 Å². The quantitative estimate of drug-likeness (QED) is 0.173. The highest BCUT2D eigenvalue weighted by Gasteiger charge is 2.23. The molecule has 0 saturated carbocycles. The molecule has 11 heteroatoms. The lowest BCUT2D eigenvalue weighted by molar-refractivity contribution is 0.102. The summed E-state index contributed by atoms with van der Waals surface area (Å²) in [6.07, 6.45) is 2.93. The van der Waals surface area contributed by atoms with Gasteiger partial charge in [0.1, 0.15) is 17.1 Å². The zero-order chi connectivity index (χ0) is 27.6. The fourth-order valence-corrected chi connectivity index (χ4v) is 5.36. The van der Waals surface area contributed by atoms with Crippen molar-refractivity contribution >= 4 is 73.3 Å². The van der Waals surface area contributed by atoms with Gasteiger partial charge < -0.3 is 19.9 Å². The Morgan fingerprint density at radius 2 is 1.74 bits per heavy atom. The number of rotatable bonds is 7. The van der Waals surface area contributed by atoms with E-state index in [4.69, 9.17) is 16.3 Å². The number of ether oxygens (including phenoxy) is 1. The largest absolute Gasteiger partial charge is 0.593 e. The minimum atomic E-state index is -1.34. The Morgan fingerprint density at radius 1 is 1.03 bits per heavy atom. The number of aromatic nitrogens is 1. The number of carbonyl (C=O) groups is 2. The molecule has 0 radical (unpaired) electrons. The standard InChI is InChI=1S/C27H27ClN4O4S2/c1-27(2,3)17-12-19(23(36-4)20(13-17)32-38(5)35)31-26(34)21-11-15-7-6-8-18(24(15)37-21)30-25(33)16-9-10-22(28)29-14-16/h6-14,32H,1-5H3,(H,30,33)(H,31,34). The molecule has 38 heavy (non-hydrogen) atoms. The Labute approximate surface area is 233 Å². The zero-order valence-electron chi connectivity index (χ0n) is 21.5. The fraction of sp³-hybridized carbons (Fsp3) is 0.222. The van der Waals surface area contributed by atoms with Crippen LogP contribution in [0, 0.1) is 0 Å². The van der Waals surface area contributed by atoms with Gasteiger partial charge in [-0.05, 0) is 52.8 Å². The number of benzene rings is 2. The van der Waals surface area contributed by atoms with E-state index >= 15 is 0 Å². The Kier molecular flexibility index (Phi) is 8.17. The number of carbonyl (C=O) groups excluding carboxylic acids is 2. The summed E-state index contributed by atoms with van der Waals surface area (Å²) in [4.78, 5) is 30.5. The number of methoxy groups -OCH3 is 1. The number of hydrogen-bond acceptors (Lipinski definition) is 7. The minimum absolute atomic E-state index is 0.234. The van der Waals surface area contributed by atoms with Crippen LogP contribution in [0.1, 0.15) is 46.4 Å². The summed E-state index contributed by atoms with van der Waals surface area (Å²) in [5.41, 5.74) is 2.62. The second-order valence-corrected chi connectivity index (χ2v) is 12.1. The van der Waals surface area contributed by atoms with Crippen molar-refractivity contribution in [3.63, 3.8) is 0 Å². The number of thiophene rings is 1. The number of anilines is 3. The molecule has 0 aliphatic carbocycles. The van der Waals surface area contributed by atoms with Crippen molar-refractivity contribution in [2.45, 2.75) is 26.2 Å². The Bertz CT molecular complexity index is 1500. The van der Waals surface area contributed by atoms with Crippen molar-refractivity contribution in [3.05, 3.63) is 75.9 Å². The lowest BCUT2D eigenvalue weighted by Gasteiger charge is -2.23. The van der Waals surface area contributed by atoms with E-state index in [9.17, 15) is 14.1 Å².